The van der Waals surface area contributed by atoms with Gasteiger partial charge in [0.15, 0.2) is 5.69 Å². The Kier molecular flexibility index (Phi) is 4.19. The number of aromatic carboxylic acids is 1. The molecule has 0 bridgehead atoms. The third kappa shape index (κ3) is 3.19. The molecule has 25 heavy (non-hydrogen) atoms. The van der Waals surface area contributed by atoms with Gasteiger partial charge in [-0.2, -0.15) is 13.2 Å². The Morgan fingerprint density at radius 1 is 1.32 bits per heavy atom. The molecule has 10 heteroatoms. The first kappa shape index (κ1) is 17.3. The Morgan fingerprint density at radius 3 is 2.68 bits per heavy atom. The van der Waals surface area contributed by atoms with E-state index in [1.807, 2.05) is 0 Å². The van der Waals surface area contributed by atoms with Crippen LogP contribution in [0.1, 0.15) is 37.7 Å². The van der Waals surface area contributed by atoms with Gasteiger partial charge < -0.3 is 14.5 Å². The number of hydrogen-bond donors (Lipinski definition) is 1. The highest BCUT2D eigenvalue weighted by Gasteiger charge is 2.34. The molecule has 1 aliphatic rings. The van der Waals surface area contributed by atoms with Crippen molar-refractivity contribution in [3.8, 4) is 0 Å². The number of carboxylic acid groups (broad SMARTS) is 1. The second-order valence-electron chi connectivity index (χ2n) is 5.41. The van der Waals surface area contributed by atoms with Crippen molar-refractivity contribution in [1.82, 2.24) is 10.1 Å². The second kappa shape index (κ2) is 6.07. The van der Waals surface area contributed by atoms with E-state index in [4.69, 9.17) is 21.2 Å². The monoisotopic (exact) mass is 374 g/mol. The predicted octanol–water partition coefficient (Wildman–Crippen LogP) is 3.24. The van der Waals surface area contributed by atoms with Gasteiger partial charge in [0.1, 0.15) is 5.76 Å². The smallest absolute Gasteiger partial charge is 0.416 e. The minimum Gasteiger partial charge on any atom is -0.476 e. The lowest BCUT2D eigenvalue weighted by atomic mass is 10.0. The number of benzene rings is 1. The zero-order valence-corrected chi connectivity index (χ0v) is 13.2. The summed E-state index contributed by atoms with van der Waals surface area (Å²) < 4.78 is 43.5. The highest BCUT2D eigenvalue weighted by Crippen LogP contribution is 2.33. The van der Waals surface area contributed by atoms with Gasteiger partial charge in [-0.1, -0.05) is 16.8 Å². The number of hydrogen-bond acceptors (Lipinski definition) is 4. The molecule has 0 saturated carbocycles. The normalized spacial score (nSPS) is 14.3. The number of carboxylic acids is 1. The highest BCUT2D eigenvalue weighted by atomic mass is 35.5. The van der Waals surface area contributed by atoms with Gasteiger partial charge in [0, 0.05) is 18.5 Å². The summed E-state index contributed by atoms with van der Waals surface area (Å²) in [5.41, 5.74) is -1.37. The highest BCUT2D eigenvalue weighted by molar-refractivity contribution is 6.33. The van der Waals surface area contributed by atoms with Crippen molar-refractivity contribution < 1.29 is 32.4 Å². The summed E-state index contributed by atoms with van der Waals surface area (Å²) in [6, 6.07) is 2.48. The molecule has 3 rings (SSSR count). The number of nitrogens with zero attached hydrogens (tertiary/aromatic N) is 2. The van der Waals surface area contributed by atoms with Gasteiger partial charge in [-0.25, -0.2) is 4.79 Å². The molecule has 0 unspecified atom stereocenters. The van der Waals surface area contributed by atoms with E-state index >= 15 is 0 Å². The van der Waals surface area contributed by atoms with E-state index in [9.17, 15) is 22.8 Å². The van der Waals surface area contributed by atoms with Crippen molar-refractivity contribution in [3.63, 3.8) is 0 Å². The van der Waals surface area contributed by atoms with Crippen molar-refractivity contribution in [3.05, 3.63) is 51.4 Å². The van der Waals surface area contributed by atoms with E-state index in [-0.39, 0.29) is 41.4 Å². The molecule has 1 N–H and O–H groups in total. The zero-order chi connectivity index (χ0) is 18.4. The van der Waals surface area contributed by atoms with Crippen LogP contribution < -0.4 is 0 Å². The quantitative estimate of drug-likeness (QED) is 0.872. The molecular formula is C15H10ClF3N2O4. The third-order valence-electron chi connectivity index (χ3n) is 3.84. The molecule has 1 aromatic heterocycles. The van der Waals surface area contributed by atoms with Crippen LogP contribution in [0.15, 0.2) is 22.7 Å². The van der Waals surface area contributed by atoms with Crippen molar-refractivity contribution in [2.45, 2.75) is 19.1 Å². The van der Waals surface area contributed by atoms with Crippen LogP contribution in [0.3, 0.4) is 0 Å². The average Bonchev–Trinajstić information content (AvgIpc) is 2.96. The van der Waals surface area contributed by atoms with Gasteiger partial charge in [0.25, 0.3) is 5.91 Å². The van der Waals surface area contributed by atoms with Crippen LogP contribution in [0.25, 0.3) is 0 Å². The lowest BCUT2D eigenvalue weighted by Gasteiger charge is -2.26. The molecule has 132 valence electrons. The first-order valence-electron chi connectivity index (χ1n) is 7.05. The van der Waals surface area contributed by atoms with Crippen LogP contribution in [0.5, 0.6) is 0 Å². The van der Waals surface area contributed by atoms with Crippen LogP contribution in [0.4, 0.5) is 13.2 Å². The van der Waals surface area contributed by atoms with Crippen molar-refractivity contribution in [2.24, 2.45) is 0 Å². The molecule has 0 radical (unpaired) electrons. The summed E-state index contributed by atoms with van der Waals surface area (Å²) in [5.74, 6) is -1.69. The van der Waals surface area contributed by atoms with Crippen molar-refractivity contribution >= 4 is 23.5 Å². The zero-order valence-electron chi connectivity index (χ0n) is 12.4. The molecule has 1 amide bonds. The largest absolute Gasteiger partial charge is 0.476 e. The Morgan fingerprint density at radius 2 is 2.04 bits per heavy atom. The van der Waals surface area contributed by atoms with E-state index in [1.165, 1.54) is 4.90 Å². The van der Waals surface area contributed by atoms with Gasteiger partial charge in [-0.05, 0) is 18.2 Å². The van der Waals surface area contributed by atoms with E-state index in [1.54, 1.807) is 0 Å². The van der Waals surface area contributed by atoms with Gasteiger partial charge >= 0.3 is 12.1 Å². The summed E-state index contributed by atoms with van der Waals surface area (Å²) in [5, 5.41) is 12.4. The number of halogens is 4. The van der Waals surface area contributed by atoms with Crippen molar-refractivity contribution in [1.29, 1.82) is 0 Å². The fraction of sp³-hybridized carbons (Fsp3) is 0.267. The third-order valence-corrected chi connectivity index (χ3v) is 4.17. The number of carbonyl (C=O) groups is 2. The first-order valence-corrected chi connectivity index (χ1v) is 7.43. The summed E-state index contributed by atoms with van der Waals surface area (Å²) in [4.78, 5) is 24.9. The standard InChI is InChI=1S/C15H10ClF3N2O4/c16-10-2-1-7(15(17,18)19)5-8(10)13(22)21-4-3-11-9(6-21)12(14(23)24)20-25-11/h1-2,5H,3-4,6H2,(H,23,24). The van der Waals surface area contributed by atoms with E-state index in [0.29, 0.717) is 11.8 Å². The molecule has 1 aliphatic heterocycles. The molecule has 1 aromatic carbocycles. The number of carbonyl (C=O) groups excluding carboxylic acids is 1. The van der Waals surface area contributed by atoms with Gasteiger partial charge in [0.05, 0.1) is 22.7 Å². The molecule has 0 aliphatic carbocycles. The summed E-state index contributed by atoms with van der Waals surface area (Å²) in [7, 11) is 0. The summed E-state index contributed by atoms with van der Waals surface area (Å²) in [6.45, 7) is 0.0124. The maximum atomic E-state index is 12.8. The Hall–Kier alpha value is -2.55. The lowest BCUT2D eigenvalue weighted by Crippen LogP contribution is -2.36. The molecule has 2 aromatic rings. The maximum Gasteiger partial charge on any atom is 0.416 e. The van der Waals surface area contributed by atoms with Gasteiger partial charge in [0.2, 0.25) is 0 Å². The Labute approximate surface area is 143 Å². The molecule has 0 fully saturated rings. The summed E-state index contributed by atoms with van der Waals surface area (Å²) in [6.07, 6.45) is -4.41. The molecule has 6 nitrogen and oxygen atoms in total. The maximum absolute atomic E-state index is 12.8. The molecular weight excluding hydrogens is 365 g/mol. The van der Waals surface area contributed by atoms with Crippen molar-refractivity contribution in [2.75, 3.05) is 6.54 Å². The minimum atomic E-state index is -4.61. The number of amides is 1. The summed E-state index contributed by atoms with van der Waals surface area (Å²) >= 11 is 5.88. The molecule has 0 spiro atoms. The van der Waals surface area contributed by atoms with Crippen LogP contribution in [0, 0.1) is 0 Å². The van der Waals surface area contributed by atoms with Crippen LogP contribution in [-0.2, 0) is 19.1 Å². The molecule has 2 heterocycles. The molecule has 0 atom stereocenters. The SMILES string of the molecule is O=C(O)c1noc2c1CN(C(=O)c1cc(C(F)(F)F)ccc1Cl)CC2. The lowest BCUT2D eigenvalue weighted by molar-refractivity contribution is -0.137. The second-order valence-corrected chi connectivity index (χ2v) is 5.81. The fourth-order valence-corrected chi connectivity index (χ4v) is 2.78. The van der Waals surface area contributed by atoms with Crippen LogP contribution in [0.2, 0.25) is 5.02 Å². The Balaban J connectivity index is 1.92. The van der Waals surface area contributed by atoms with E-state index < -0.39 is 23.6 Å². The fourth-order valence-electron chi connectivity index (χ4n) is 2.59. The Bertz CT molecular complexity index is 863. The number of aromatic nitrogens is 1. The van der Waals surface area contributed by atoms with Crippen LogP contribution in [-0.4, -0.2) is 33.6 Å². The molecule has 0 saturated heterocycles. The van der Waals surface area contributed by atoms with E-state index in [0.717, 1.165) is 12.1 Å². The topological polar surface area (TPSA) is 83.6 Å². The number of alkyl halides is 3. The van der Waals surface area contributed by atoms with Gasteiger partial charge in [-0.15, -0.1) is 0 Å². The predicted molar refractivity (Wildman–Crippen MR) is 78.4 cm³/mol. The number of rotatable bonds is 2. The first-order chi connectivity index (χ1) is 11.7. The van der Waals surface area contributed by atoms with E-state index in [2.05, 4.69) is 5.16 Å². The van der Waals surface area contributed by atoms with Gasteiger partial charge in [-0.3, -0.25) is 4.79 Å². The average molecular weight is 375 g/mol. The number of fused-ring (bicyclic) bond motifs is 1. The minimum absolute atomic E-state index is 0.118. The van der Waals surface area contributed by atoms with Crippen LogP contribution >= 0.6 is 11.6 Å².